The van der Waals surface area contributed by atoms with Gasteiger partial charge in [-0.1, -0.05) is 6.92 Å². The zero-order chi connectivity index (χ0) is 10.1. The van der Waals surface area contributed by atoms with E-state index in [9.17, 15) is 4.79 Å². The summed E-state index contributed by atoms with van der Waals surface area (Å²) in [7, 11) is 0. The van der Waals surface area contributed by atoms with Gasteiger partial charge in [0.15, 0.2) is 0 Å². The number of nitrogens with one attached hydrogen (secondary N) is 1. The number of hydrogen-bond acceptors (Lipinski definition) is 3. The molecule has 0 aromatic rings. The van der Waals surface area contributed by atoms with E-state index < -0.39 is 0 Å². The topological polar surface area (TPSA) is 58.6 Å². The second kappa shape index (κ2) is 8.01. The summed E-state index contributed by atoms with van der Waals surface area (Å²) in [4.78, 5) is 11.1. The van der Waals surface area contributed by atoms with Gasteiger partial charge in [-0.05, 0) is 13.3 Å². The average molecular weight is 189 g/mol. The summed E-state index contributed by atoms with van der Waals surface area (Å²) >= 11 is 0. The molecular formula is C9H19NO3. The molecule has 1 atom stereocenters. The van der Waals surface area contributed by atoms with Crippen LogP contribution in [0.2, 0.25) is 0 Å². The van der Waals surface area contributed by atoms with Gasteiger partial charge in [-0.2, -0.15) is 0 Å². The molecule has 1 unspecified atom stereocenters. The van der Waals surface area contributed by atoms with Crippen LogP contribution in [0, 0.1) is 0 Å². The molecule has 0 bridgehead atoms. The Labute approximate surface area is 79.3 Å². The summed E-state index contributed by atoms with van der Waals surface area (Å²) in [6.45, 7) is 4.88. The smallest absolute Gasteiger partial charge is 0.222 e. The maximum absolute atomic E-state index is 11.1. The maximum atomic E-state index is 11.1. The van der Waals surface area contributed by atoms with Gasteiger partial charge >= 0.3 is 0 Å². The van der Waals surface area contributed by atoms with Gasteiger partial charge in [0.05, 0.1) is 19.3 Å². The summed E-state index contributed by atoms with van der Waals surface area (Å²) in [5.74, 6) is -0.0608. The lowest BCUT2D eigenvalue weighted by molar-refractivity contribution is -0.123. The lowest BCUT2D eigenvalue weighted by Crippen LogP contribution is -2.37. The maximum Gasteiger partial charge on any atom is 0.222 e. The van der Waals surface area contributed by atoms with Crippen molar-refractivity contribution in [2.24, 2.45) is 0 Å². The second-order valence-corrected chi connectivity index (χ2v) is 2.80. The number of carbonyl (C=O) groups is 1. The Balaban J connectivity index is 3.48. The number of ether oxygens (including phenoxy) is 1. The summed E-state index contributed by atoms with van der Waals surface area (Å²) in [6.07, 6.45) is 1.11. The number of carbonyl (C=O) groups excluding carboxylic acids is 1. The standard InChI is InChI=1S/C9H19NO3/c1-3-8(7-11)10-9(12)5-6-13-4-2/h8,11H,3-7H2,1-2H3,(H,10,12). The first-order valence-corrected chi connectivity index (χ1v) is 4.72. The molecule has 0 radical (unpaired) electrons. The molecule has 4 heteroatoms. The van der Waals surface area contributed by atoms with E-state index in [0.717, 1.165) is 6.42 Å². The number of amides is 1. The first kappa shape index (κ1) is 12.4. The van der Waals surface area contributed by atoms with Crippen molar-refractivity contribution in [2.45, 2.75) is 32.7 Å². The van der Waals surface area contributed by atoms with Crippen molar-refractivity contribution in [1.82, 2.24) is 5.32 Å². The van der Waals surface area contributed by atoms with Gasteiger partial charge in [-0.25, -0.2) is 0 Å². The van der Waals surface area contributed by atoms with E-state index in [0.29, 0.717) is 19.6 Å². The normalized spacial score (nSPS) is 12.5. The van der Waals surface area contributed by atoms with Crippen molar-refractivity contribution >= 4 is 5.91 Å². The van der Waals surface area contributed by atoms with Crippen LogP contribution in [0.25, 0.3) is 0 Å². The molecule has 1 amide bonds. The molecule has 4 nitrogen and oxygen atoms in total. The highest BCUT2D eigenvalue weighted by molar-refractivity contribution is 5.76. The van der Waals surface area contributed by atoms with Crippen LogP contribution in [0.3, 0.4) is 0 Å². The van der Waals surface area contributed by atoms with Crippen LogP contribution in [0.1, 0.15) is 26.7 Å². The number of aliphatic hydroxyl groups excluding tert-OH is 1. The zero-order valence-corrected chi connectivity index (χ0v) is 8.38. The molecule has 0 saturated heterocycles. The minimum absolute atomic E-state index is 0.00310. The molecular weight excluding hydrogens is 170 g/mol. The first-order chi connectivity index (χ1) is 6.24. The van der Waals surface area contributed by atoms with E-state index in [1.165, 1.54) is 0 Å². The molecule has 78 valence electrons. The molecule has 2 N–H and O–H groups in total. The van der Waals surface area contributed by atoms with Gasteiger partial charge in [-0.15, -0.1) is 0 Å². The van der Waals surface area contributed by atoms with Crippen molar-refractivity contribution in [3.63, 3.8) is 0 Å². The predicted molar refractivity (Wildman–Crippen MR) is 50.4 cm³/mol. The van der Waals surface area contributed by atoms with Gasteiger partial charge in [0.1, 0.15) is 0 Å². The van der Waals surface area contributed by atoms with Gasteiger partial charge in [0.25, 0.3) is 0 Å². The minimum Gasteiger partial charge on any atom is -0.394 e. The zero-order valence-electron chi connectivity index (χ0n) is 8.38. The fourth-order valence-electron chi connectivity index (χ4n) is 0.886. The van der Waals surface area contributed by atoms with E-state index in [1.54, 1.807) is 0 Å². The van der Waals surface area contributed by atoms with E-state index in [-0.39, 0.29) is 18.6 Å². The van der Waals surface area contributed by atoms with E-state index >= 15 is 0 Å². The highest BCUT2D eigenvalue weighted by Crippen LogP contribution is 1.91. The van der Waals surface area contributed by atoms with Crippen molar-refractivity contribution < 1.29 is 14.6 Å². The average Bonchev–Trinajstić information content (AvgIpc) is 2.14. The van der Waals surface area contributed by atoms with E-state index in [1.807, 2.05) is 13.8 Å². The van der Waals surface area contributed by atoms with Crippen LogP contribution in [0.4, 0.5) is 0 Å². The van der Waals surface area contributed by atoms with Crippen LogP contribution < -0.4 is 5.32 Å². The minimum atomic E-state index is -0.117. The van der Waals surface area contributed by atoms with Crippen molar-refractivity contribution in [2.75, 3.05) is 19.8 Å². The van der Waals surface area contributed by atoms with Gasteiger partial charge in [-0.3, -0.25) is 4.79 Å². The fraction of sp³-hybridized carbons (Fsp3) is 0.889. The molecule has 13 heavy (non-hydrogen) atoms. The van der Waals surface area contributed by atoms with E-state index in [2.05, 4.69) is 5.32 Å². The third kappa shape index (κ3) is 6.54. The van der Waals surface area contributed by atoms with Crippen LogP contribution in [-0.2, 0) is 9.53 Å². The van der Waals surface area contributed by atoms with Gasteiger partial charge in [0.2, 0.25) is 5.91 Å². The van der Waals surface area contributed by atoms with Crippen LogP contribution in [0.5, 0.6) is 0 Å². The van der Waals surface area contributed by atoms with E-state index in [4.69, 9.17) is 9.84 Å². The second-order valence-electron chi connectivity index (χ2n) is 2.80. The number of aliphatic hydroxyl groups is 1. The summed E-state index contributed by atoms with van der Waals surface area (Å²) in [6, 6.07) is -0.117. The summed E-state index contributed by atoms with van der Waals surface area (Å²) < 4.78 is 5.03. The van der Waals surface area contributed by atoms with Crippen LogP contribution in [0.15, 0.2) is 0 Å². The molecule has 0 saturated carbocycles. The quantitative estimate of drug-likeness (QED) is 0.566. The third-order valence-corrected chi connectivity index (χ3v) is 1.76. The monoisotopic (exact) mass is 189 g/mol. The van der Waals surface area contributed by atoms with Gasteiger partial charge in [0, 0.05) is 13.0 Å². The Bertz CT molecular complexity index is 135. The fourth-order valence-corrected chi connectivity index (χ4v) is 0.886. The highest BCUT2D eigenvalue weighted by atomic mass is 16.5. The molecule has 0 rings (SSSR count). The summed E-state index contributed by atoms with van der Waals surface area (Å²) in [5.41, 5.74) is 0. The Kier molecular flexibility index (Phi) is 7.63. The highest BCUT2D eigenvalue weighted by Gasteiger charge is 2.07. The largest absolute Gasteiger partial charge is 0.394 e. The molecule has 0 aliphatic rings. The SMILES string of the molecule is CCOCCC(=O)NC(CC)CO. The summed E-state index contributed by atoms with van der Waals surface area (Å²) in [5, 5.41) is 11.5. The number of rotatable bonds is 7. The third-order valence-electron chi connectivity index (χ3n) is 1.76. The molecule has 0 aromatic heterocycles. The molecule has 0 fully saturated rings. The van der Waals surface area contributed by atoms with Crippen molar-refractivity contribution in [3.8, 4) is 0 Å². The number of hydrogen-bond donors (Lipinski definition) is 2. The molecule has 0 heterocycles. The molecule has 0 aliphatic heterocycles. The van der Waals surface area contributed by atoms with Crippen molar-refractivity contribution in [3.05, 3.63) is 0 Å². The molecule has 0 aromatic carbocycles. The molecule has 0 aliphatic carbocycles. The van der Waals surface area contributed by atoms with Crippen molar-refractivity contribution in [1.29, 1.82) is 0 Å². The first-order valence-electron chi connectivity index (χ1n) is 4.72. The Hall–Kier alpha value is -0.610. The Morgan fingerprint density at radius 3 is 2.69 bits per heavy atom. The lowest BCUT2D eigenvalue weighted by atomic mass is 10.2. The Morgan fingerprint density at radius 2 is 2.23 bits per heavy atom. The van der Waals surface area contributed by atoms with Crippen LogP contribution in [-0.4, -0.2) is 36.9 Å². The Morgan fingerprint density at radius 1 is 1.54 bits per heavy atom. The lowest BCUT2D eigenvalue weighted by Gasteiger charge is -2.13. The molecule has 0 spiro atoms. The van der Waals surface area contributed by atoms with Crippen LogP contribution >= 0.6 is 0 Å². The van der Waals surface area contributed by atoms with Gasteiger partial charge < -0.3 is 15.2 Å². The predicted octanol–water partition coefficient (Wildman–Crippen LogP) is 0.300.